The molecule has 0 spiro atoms. The van der Waals surface area contributed by atoms with E-state index in [2.05, 4.69) is 27.9 Å². The van der Waals surface area contributed by atoms with Gasteiger partial charge in [0.15, 0.2) is 11.5 Å². The molecule has 1 amide bonds. The van der Waals surface area contributed by atoms with Gasteiger partial charge in [-0.1, -0.05) is 18.2 Å². The number of carboxylic acids is 1. The van der Waals surface area contributed by atoms with Crippen molar-refractivity contribution in [3.63, 3.8) is 0 Å². The van der Waals surface area contributed by atoms with Crippen LogP contribution >= 0.6 is 22.6 Å². The first kappa shape index (κ1) is 21.7. The van der Waals surface area contributed by atoms with Crippen molar-refractivity contribution >= 4 is 40.5 Å². The van der Waals surface area contributed by atoms with Crippen LogP contribution in [0.2, 0.25) is 0 Å². The molecule has 0 aromatic heterocycles. The number of amides is 1. The van der Waals surface area contributed by atoms with Gasteiger partial charge in [-0.25, -0.2) is 4.79 Å². The van der Waals surface area contributed by atoms with Crippen molar-refractivity contribution in [3.8, 4) is 11.5 Å². The highest BCUT2D eigenvalue weighted by Gasteiger charge is 2.16. The molecule has 0 aliphatic carbocycles. The topological polar surface area (TPSA) is 84.9 Å². The fourth-order valence-electron chi connectivity index (χ4n) is 2.39. The highest BCUT2D eigenvalue weighted by Crippen LogP contribution is 2.35. The Bertz CT molecular complexity index is 878. The summed E-state index contributed by atoms with van der Waals surface area (Å²) in [6.07, 6.45) is 1.36. The second kappa shape index (κ2) is 10.1. The van der Waals surface area contributed by atoms with E-state index in [0.717, 1.165) is 3.57 Å². The van der Waals surface area contributed by atoms with Gasteiger partial charge in [0, 0.05) is 5.56 Å². The number of nitrogens with one attached hydrogen (secondary N) is 1. The van der Waals surface area contributed by atoms with E-state index < -0.39 is 11.9 Å². The van der Waals surface area contributed by atoms with Gasteiger partial charge in [-0.2, -0.15) is 0 Å². The minimum absolute atomic E-state index is 0.0335. The van der Waals surface area contributed by atoms with Crippen molar-refractivity contribution in [1.82, 2.24) is 5.32 Å². The normalized spacial score (nSPS) is 11.2. The number of rotatable bonds is 8. The summed E-state index contributed by atoms with van der Waals surface area (Å²) in [6, 6.07) is 11.9. The zero-order valence-electron chi connectivity index (χ0n) is 15.9. The Morgan fingerprint density at radius 3 is 2.46 bits per heavy atom. The number of ether oxygens (including phenoxy) is 2. The van der Waals surface area contributed by atoms with Crippen molar-refractivity contribution in [1.29, 1.82) is 0 Å². The standard InChI is InChI=1S/C21H22INO5/c1-4-27-18-12-14(10-16(22)19(18)28-13(2)3)11-17(21(25)26)23-20(24)15-8-6-5-7-9-15/h5-13H,4H2,1-3H3,(H,23,24)(H,25,26)/b17-11+. The number of benzene rings is 2. The second-order valence-electron chi connectivity index (χ2n) is 6.11. The molecule has 0 aliphatic heterocycles. The number of hydrogen-bond acceptors (Lipinski definition) is 4. The number of carbonyl (C=O) groups excluding carboxylic acids is 1. The molecule has 7 heteroatoms. The third kappa shape index (κ3) is 5.98. The Morgan fingerprint density at radius 1 is 1.21 bits per heavy atom. The van der Waals surface area contributed by atoms with Crippen molar-refractivity contribution in [2.75, 3.05) is 6.61 Å². The van der Waals surface area contributed by atoms with Crippen LogP contribution < -0.4 is 14.8 Å². The summed E-state index contributed by atoms with van der Waals surface area (Å²) in [4.78, 5) is 23.9. The molecule has 6 nitrogen and oxygen atoms in total. The first-order valence-electron chi connectivity index (χ1n) is 8.76. The van der Waals surface area contributed by atoms with E-state index in [-0.39, 0.29) is 11.8 Å². The largest absolute Gasteiger partial charge is 0.490 e. The van der Waals surface area contributed by atoms with E-state index in [1.165, 1.54) is 6.08 Å². The van der Waals surface area contributed by atoms with E-state index in [1.807, 2.05) is 20.8 Å². The van der Waals surface area contributed by atoms with Gasteiger partial charge >= 0.3 is 5.97 Å². The number of carboxylic acid groups (broad SMARTS) is 1. The lowest BCUT2D eigenvalue weighted by Gasteiger charge is -2.17. The molecule has 0 heterocycles. The van der Waals surface area contributed by atoms with Gasteiger partial charge in [0.05, 0.1) is 16.3 Å². The average molecular weight is 495 g/mol. The number of halogens is 1. The number of hydrogen-bond donors (Lipinski definition) is 2. The fraction of sp³-hybridized carbons (Fsp3) is 0.238. The van der Waals surface area contributed by atoms with Crippen LogP contribution in [0, 0.1) is 3.57 Å². The van der Waals surface area contributed by atoms with E-state index in [0.29, 0.717) is 29.2 Å². The molecule has 0 bridgehead atoms. The first-order valence-corrected chi connectivity index (χ1v) is 9.84. The smallest absolute Gasteiger partial charge is 0.352 e. The number of aliphatic carboxylic acids is 1. The van der Waals surface area contributed by atoms with Crippen molar-refractivity contribution in [2.24, 2.45) is 0 Å². The van der Waals surface area contributed by atoms with Crippen LogP contribution in [0.1, 0.15) is 36.7 Å². The van der Waals surface area contributed by atoms with E-state index in [1.54, 1.807) is 42.5 Å². The molecule has 0 unspecified atom stereocenters. The van der Waals surface area contributed by atoms with Gasteiger partial charge in [0.25, 0.3) is 5.91 Å². The summed E-state index contributed by atoms with van der Waals surface area (Å²) in [7, 11) is 0. The molecule has 28 heavy (non-hydrogen) atoms. The lowest BCUT2D eigenvalue weighted by molar-refractivity contribution is -0.132. The summed E-state index contributed by atoms with van der Waals surface area (Å²) < 4.78 is 12.3. The molecule has 0 atom stereocenters. The predicted octanol–water partition coefficient (Wildman–Crippen LogP) is 4.33. The first-order chi connectivity index (χ1) is 13.3. The van der Waals surface area contributed by atoms with Gasteiger partial charge in [-0.05, 0) is 79.3 Å². The van der Waals surface area contributed by atoms with Crippen LogP contribution in [0.15, 0.2) is 48.2 Å². The zero-order valence-corrected chi connectivity index (χ0v) is 18.0. The molecule has 0 saturated carbocycles. The lowest BCUT2D eigenvalue weighted by atomic mass is 10.1. The van der Waals surface area contributed by atoms with Gasteiger partial charge in [-0.3, -0.25) is 4.79 Å². The predicted molar refractivity (Wildman–Crippen MR) is 116 cm³/mol. The van der Waals surface area contributed by atoms with Crippen LogP contribution in [0.3, 0.4) is 0 Å². The van der Waals surface area contributed by atoms with Crippen LogP contribution in [0.4, 0.5) is 0 Å². The number of carbonyl (C=O) groups is 2. The summed E-state index contributed by atoms with van der Waals surface area (Å²) >= 11 is 2.11. The molecule has 0 aliphatic rings. The SMILES string of the molecule is CCOc1cc(/C=C(/NC(=O)c2ccccc2)C(=O)O)cc(I)c1OC(C)C. The maximum atomic E-state index is 12.3. The molecule has 0 fully saturated rings. The summed E-state index contributed by atoms with van der Waals surface area (Å²) in [5.74, 6) is -0.596. The summed E-state index contributed by atoms with van der Waals surface area (Å²) in [5.41, 5.74) is 0.722. The minimum atomic E-state index is -1.24. The Morgan fingerprint density at radius 2 is 1.89 bits per heavy atom. The van der Waals surface area contributed by atoms with Crippen molar-refractivity contribution < 1.29 is 24.2 Å². The molecule has 2 rings (SSSR count). The molecule has 2 aromatic rings. The monoisotopic (exact) mass is 495 g/mol. The highest BCUT2D eigenvalue weighted by atomic mass is 127. The quantitative estimate of drug-likeness (QED) is 0.421. The van der Waals surface area contributed by atoms with Gasteiger partial charge in [0.2, 0.25) is 0 Å². The van der Waals surface area contributed by atoms with Gasteiger partial charge in [0.1, 0.15) is 5.70 Å². The molecule has 148 valence electrons. The van der Waals surface area contributed by atoms with Crippen LogP contribution in [0.25, 0.3) is 6.08 Å². The lowest BCUT2D eigenvalue weighted by Crippen LogP contribution is -2.27. The maximum absolute atomic E-state index is 12.3. The third-order valence-electron chi connectivity index (χ3n) is 3.51. The fourth-order valence-corrected chi connectivity index (χ4v) is 3.14. The van der Waals surface area contributed by atoms with Crippen LogP contribution in [-0.4, -0.2) is 29.7 Å². The minimum Gasteiger partial charge on any atom is -0.490 e. The molecule has 2 N–H and O–H groups in total. The summed E-state index contributed by atoms with van der Waals surface area (Å²) in [5, 5.41) is 12.0. The van der Waals surface area contributed by atoms with E-state index in [4.69, 9.17) is 9.47 Å². The Hall–Kier alpha value is -2.55. The van der Waals surface area contributed by atoms with Crippen LogP contribution in [0.5, 0.6) is 11.5 Å². The highest BCUT2D eigenvalue weighted by molar-refractivity contribution is 14.1. The van der Waals surface area contributed by atoms with Crippen molar-refractivity contribution in [2.45, 2.75) is 26.9 Å². The average Bonchev–Trinajstić information content (AvgIpc) is 2.64. The van der Waals surface area contributed by atoms with Gasteiger partial charge < -0.3 is 19.9 Å². The van der Waals surface area contributed by atoms with Gasteiger partial charge in [-0.15, -0.1) is 0 Å². The molecule has 2 aromatic carbocycles. The summed E-state index contributed by atoms with van der Waals surface area (Å²) in [6.45, 7) is 6.13. The van der Waals surface area contributed by atoms with Crippen molar-refractivity contribution in [3.05, 3.63) is 62.9 Å². The molecule has 0 saturated heterocycles. The van der Waals surface area contributed by atoms with E-state index in [9.17, 15) is 14.7 Å². The third-order valence-corrected chi connectivity index (χ3v) is 4.31. The Balaban J connectivity index is 2.38. The second-order valence-corrected chi connectivity index (χ2v) is 7.28. The van der Waals surface area contributed by atoms with Crippen LogP contribution in [-0.2, 0) is 4.79 Å². The Labute approximate surface area is 177 Å². The molecule has 0 radical (unpaired) electrons. The zero-order chi connectivity index (χ0) is 20.7. The molecular weight excluding hydrogens is 473 g/mol. The Kier molecular flexibility index (Phi) is 7.86. The molecular formula is C21H22INO5. The van der Waals surface area contributed by atoms with E-state index >= 15 is 0 Å². The maximum Gasteiger partial charge on any atom is 0.352 e.